The van der Waals surface area contributed by atoms with Gasteiger partial charge in [0.05, 0.1) is 17.4 Å². The second kappa shape index (κ2) is 9.79. The lowest BCUT2D eigenvalue weighted by atomic mass is 9.88. The summed E-state index contributed by atoms with van der Waals surface area (Å²) in [5.74, 6) is 1.66. The van der Waals surface area contributed by atoms with E-state index in [1.807, 2.05) is 29.9 Å². The molecule has 3 heterocycles. The van der Waals surface area contributed by atoms with Crippen LogP contribution in [0.2, 0.25) is 0 Å². The molecule has 0 unspecified atom stereocenters. The number of nitrogens with zero attached hydrogens (tertiary/aromatic N) is 8. The van der Waals surface area contributed by atoms with Crippen molar-refractivity contribution in [3.63, 3.8) is 0 Å². The SMILES string of the molecule is CC(C)CN(c1ccnn1C)C1CCC(N(C)c2c(C#N)c(=O)n(C)c3ccc(C#N)nc23)CC1. The first-order chi connectivity index (χ1) is 16.8. The molecule has 1 aliphatic carbocycles. The van der Waals surface area contributed by atoms with Gasteiger partial charge in [-0.05, 0) is 43.7 Å². The minimum atomic E-state index is -0.346. The maximum atomic E-state index is 13.0. The van der Waals surface area contributed by atoms with E-state index >= 15 is 0 Å². The van der Waals surface area contributed by atoms with Crippen molar-refractivity contribution in [3.05, 3.63) is 46.0 Å². The van der Waals surface area contributed by atoms with Gasteiger partial charge in [-0.1, -0.05) is 13.8 Å². The van der Waals surface area contributed by atoms with Crippen molar-refractivity contribution in [2.24, 2.45) is 20.0 Å². The Balaban J connectivity index is 1.65. The van der Waals surface area contributed by atoms with E-state index in [0.717, 1.165) is 38.0 Å². The Morgan fingerprint density at radius 1 is 1.09 bits per heavy atom. The number of hydrogen-bond donors (Lipinski definition) is 0. The lowest BCUT2D eigenvalue weighted by Crippen LogP contribution is -2.45. The Kier molecular flexibility index (Phi) is 6.79. The zero-order valence-electron chi connectivity index (χ0n) is 21.1. The summed E-state index contributed by atoms with van der Waals surface area (Å²) >= 11 is 0. The van der Waals surface area contributed by atoms with E-state index < -0.39 is 0 Å². The Morgan fingerprint density at radius 3 is 2.34 bits per heavy atom. The standard InChI is InChI=1S/C26H32N8O/c1-17(2)16-34(23-12-13-29-33(23)5)20-9-7-19(8-10-20)31(3)25-21(15-28)26(35)32(4)22-11-6-18(14-27)30-24(22)25/h6,11-13,17,19-20H,7-10,16H2,1-5H3. The summed E-state index contributed by atoms with van der Waals surface area (Å²) in [6.07, 6.45) is 5.68. The van der Waals surface area contributed by atoms with Gasteiger partial charge in [-0.25, -0.2) is 4.98 Å². The highest BCUT2D eigenvalue weighted by Gasteiger charge is 2.32. The van der Waals surface area contributed by atoms with Gasteiger partial charge in [-0.15, -0.1) is 0 Å². The van der Waals surface area contributed by atoms with Crippen molar-refractivity contribution in [1.82, 2.24) is 19.3 Å². The van der Waals surface area contributed by atoms with E-state index in [1.54, 1.807) is 19.2 Å². The molecule has 0 atom stereocenters. The number of aromatic nitrogens is 4. The maximum Gasteiger partial charge on any atom is 0.270 e. The number of hydrogen-bond acceptors (Lipinski definition) is 7. The van der Waals surface area contributed by atoms with Crippen LogP contribution >= 0.6 is 0 Å². The monoisotopic (exact) mass is 472 g/mol. The maximum absolute atomic E-state index is 13.0. The smallest absolute Gasteiger partial charge is 0.270 e. The van der Waals surface area contributed by atoms with Gasteiger partial charge in [0.25, 0.3) is 5.56 Å². The molecule has 3 aromatic rings. The Hall–Kier alpha value is -3.85. The van der Waals surface area contributed by atoms with Crippen LogP contribution in [-0.2, 0) is 14.1 Å². The van der Waals surface area contributed by atoms with Gasteiger partial charge in [-0.2, -0.15) is 15.6 Å². The van der Waals surface area contributed by atoms with E-state index in [1.165, 1.54) is 4.57 Å². The van der Waals surface area contributed by atoms with Gasteiger partial charge >= 0.3 is 0 Å². The number of nitriles is 2. The first kappa shape index (κ1) is 24.3. The summed E-state index contributed by atoms with van der Waals surface area (Å²) < 4.78 is 3.37. The van der Waals surface area contributed by atoms with Gasteiger partial charge in [0.1, 0.15) is 34.7 Å². The number of rotatable bonds is 6. The van der Waals surface area contributed by atoms with Crippen molar-refractivity contribution in [2.75, 3.05) is 23.4 Å². The van der Waals surface area contributed by atoms with Crippen LogP contribution in [0.25, 0.3) is 11.0 Å². The van der Waals surface area contributed by atoms with Crippen LogP contribution in [-0.4, -0.2) is 45.0 Å². The predicted octanol–water partition coefficient (Wildman–Crippen LogP) is 3.32. The fourth-order valence-electron chi connectivity index (χ4n) is 5.31. The summed E-state index contributed by atoms with van der Waals surface area (Å²) in [6, 6.07) is 10.2. The first-order valence-electron chi connectivity index (χ1n) is 12.1. The molecule has 0 spiro atoms. The molecule has 0 saturated heterocycles. The van der Waals surface area contributed by atoms with Crippen LogP contribution < -0.4 is 15.4 Å². The molecule has 0 N–H and O–H groups in total. The zero-order valence-corrected chi connectivity index (χ0v) is 21.1. The highest BCUT2D eigenvalue weighted by Crippen LogP contribution is 2.34. The van der Waals surface area contributed by atoms with Crippen LogP contribution in [0, 0.1) is 28.6 Å². The summed E-state index contributed by atoms with van der Waals surface area (Å²) in [7, 11) is 5.55. The van der Waals surface area contributed by atoms with Crippen LogP contribution in [0.4, 0.5) is 11.5 Å². The van der Waals surface area contributed by atoms with Crippen molar-refractivity contribution in [2.45, 2.75) is 51.6 Å². The fourth-order valence-corrected chi connectivity index (χ4v) is 5.31. The van der Waals surface area contributed by atoms with E-state index in [4.69, 9.17) is 0 Å². The number of pyridine rings is 2. The van der Waals surface area contributed by atoms with Crippen LogP contribution in [0.1, 0.15) is 50.8 Å². The molecule has 35 heavy (non-hydrogen) atoms. The molecule has 0 aliphatic heterocycles. The molecular weight excluding hydrogens is 440 g/mol. The quantitative estimate of drug-likeness (QED) is 0.542. The highest BCUT2D eigenvalue weighted by atomic mass is 16.1. The van der Waals surface area contributed by atoms with Gasteiger partial charge in [0.15, 0.2) is 0 Å². The van der Waals surface area contributed by atoms with Crippen molar-refractivity contribution in [3.8, 4) is 12.1 Å². The Bertz CT molecular complexity index is 1360. The average molecular weight is 473 g/mol. The Labute approximate surface area is 205 Å². The van der Waals surface area contributed by atoms with Gasteiger partial charge in [0.2, 0.25) is 0 Å². The summed E-state index contributed by atoms with van der Waals surface area (Å²) in [5.41, 5.74) is 1.65. The second-order valence-corrected chi connectivity index (χ2v) is 9.81. The minimum absolute atomic E-state index is 0.0727. The van der Waals surface area contributed by atoms with E-state index in [-0.39, 0.29) is 22.9 Å². The summed E-state index contributed by atoms with van der Waals surface area (Å²) in [4.78, 5) is 22.0. The van der Waals surface area contributed by atoms with Gasteiger partial charge < -0.3 is 14.4 Å². The number of fused-ring (bicyclic) bond motifs is 1. The zero-order chi connectivity index (χ0) is 25.3. The molecule has 0 aromatic carbocycles. The van der Waals surface area contributed by atoms with Gasteiger partial charge in [-0.3, -0.25) is 9.48 Å². The van der Waals surface area contributed by atoms with E-state index in [9.17, 15) is 15.3 Å². The molecule has 0 radical (unpaired) electrons. The second-order valence-electron chi connectivity index (χ2n) is 9.81. The van der Waals surface area contributed by atoms with Gasteiger partial charge in [0, 0.05) is 45.8 Å². The molecular formula is C26H32N8O. The van der Waals surface area contributed by atoms with Crippen LogP contribution in [0.15, 0.2) is 29.2 Å². The summed E-state index contributed by atoms with van der Waals surface area (Å²) in [5, 5.41) is 23.7. The third-order valence-corrected chi connectivity index (χ3v) is 7.10. The third-order valence-electron chi connectivity index (χ3n) is 7.10. The van der Waals surface area contributed by atoms with Crippen molar-refractivity contribution < 1.29 is 0 Å². The fraction of sp³-hybridized carbons (Fsp3) is 0.500. The molecule has 4 rings (SSSR count). The summed E-state index contributed by atoms with van der Waals surface area (Å²) in [6.45, 7) is 5.43. The van der Waals surface area contributed by atoms with Crippen LogP contribution in [0.3, 0.4) is 0 Å². The highest BCUT2D eigenvalue weighted by molar-refractivity contribution is 5.92. The lowest BCUT2D eigenvalue weighted by molar-refractivity contribution is 0.356. The topological polar surface area (TPSA) is 107 Å². The lowest BCUT2D eigenvalue weighted by Gasteiger charge is -2.42. The molecule has 1 saturated carbocycles. The molecule has 0 amide bonds. The average Bonchev–Trinajstić information content (AvgIpc) is 3.29. The predicted molar refractivity (Wildman–Crippen MR) is 136 cm³/mol. The number of anilines is 2. The molecule has 1 aliphatic rings. The largest absolute Gasteiger partial charge is 0.369 e. The van der Waals surface area contributed by atoms with Crippen molar-refractivity contribution >= 4 is 22.5 Å². The first-order valence-corrected chi connectivity index (χ1v) is 12.1. The van der Waals surface area contributed by atoms with E-state index in [0.29, 0.717) is 28.7 Å². The minimum Gasteiger partial charge on any atom is -0.369 e. The van der Waals surface area contributed by atoms with E-state index in [2.05, 4.69) is 47.0 Å². The molecule has 9 nitrogen and oxygen atoms in total. The normalized spacial score (nSPS) is 17.8. The molecule has 1 fully saturated rings. The molecule has 9 heteroatoms. The number of aryl methyl sites for hydroxylation is 2. The van der Waals surface area contributed by atoms with Crippen LogP contribution in [0.5, 0.6) is 0 Å². The molecule has 182 valence electrons. The Morgan fingerprint density at radius 2 is 1.77 bits per heavy atom. The molecule has 3 aromatic heterocycles. The molecule has 0 bridgehead atoms. The van der Waals surface area contributed by atoms with Crippen molar-refractivity contribution in [1.29, 1.82) is 10.5 Å². The third kappa shape index (κ3) is 4.46.